The molecule has 1 aliphatic heterocycles. The van der Waals surface area contributed by atoms with E-state index in [1.165, 1.54) is 0 Å². The zero-order valence-electron chi connectivity index (χ0n) is 9.19. The predicted octanol–water partition coefficient (Wildman–Crippen LogP) is 0.623. The van der Waals surface area contributed by atoms with Gasteiger partial charge in [-0.2, -0.15) is 0 Å². The summed E-state index contributed by atoms with van der Waals surface area (Å²) < 4.78 is 21.8. The van der Waals surface area contributed by atoms with Crippen LogP contribution in [0.15, 0.2) is 0 Å². The zero-order chi connectivity index (χ0) is 10.4. The third-order valence-electron chi connectivity index (χ3n) is 1.99. The van der Waals surface area contributed by atoms with E-state index in [1.54, 1.807) is 0 Å². The zero-order valence-corrected chi connectivity index (χ0v) is 10.3. The average molecular weight is 220 g/mol. The molecule has 1 saturated heterocycles. The minimum Gasteiger partial charge on any atom is -0.395 e. The molecule has 0 radical (unpaired) electrons. The molecular formula is C9H20O4Si. The molecule has 0 bridgehead atoms. The number of epoxide rings is 1. The van der Waals surface area contributed by atoms with Crippen LogP contribution in [0.1, 0.15) is 20.8 Å². The molecule has 0 saturated carbocycles. The molecule has 14 heavy (non-hydrogen) atoms. The van der Waals surface area contributed by atoms with Crippen molar-refractivity contribution < 1.29 is 18.3 Å². The monoisotopic (exact) mass is 220 g/mol. The van der Waals surface area contributed by atoms with Gasteiger partial charge in [-0.3, -0.25) is 0 Å². The summed E-state index contributed by atoms with van der Waals surface area (Å²) in [6, 6.07) is 0. The van der Waals surface area contributed by atoms with Gasteiger partial charge in [-0.15, -0.1) is 0 Å². The average Bonchev–Trinajstić information content (AvgIpc) is 2.97. The first-order chi connectivity index (χ1) is 6.77. The van der Waals surface area contributed by atoms with Gasteiger partial charge >= 0.3 is 9.28 Å². The maximum Gasteiger partial charge on any atom is 0.351 e. The van der Waals surface area contributed by atoms with E-state index in [9.17, 15) is 0 Å². The van der Waals surface area contributed by atoms with E-state index in [0.29, 0.717) is 25.9 Å². The van der Waals surface area contributed by atoms with Crippen molar-refractivity contribution in [2.45, 2.75) is 32.6 Å². The Labute approximate surface area is 87.3 Å². The topological polar surface area (TPSA) is 40.2 Å². The van der Waals surface area contributed by atoms with Crippen LogP contribution in [0.3, 0.4) is 0 Å². The van der Waals surface area contributed by atoms with E-state index in [-0.39, 0.29) is 5.73 Å². The van der Waals surface area contributed by atoms with Gasteiger partial charge < -0.3 is 18.3 Å². The normalized spacial score (nSPS) is 22.7. The molecule has 1 fully saturated rings. The first-order valence-corrected chi connectivity index (χ1v) is 6.85. The van der Waals surface area contributed by atoms with Crippen molar-refractivity contribution in [3.63, 3.8) is 0 Å². The summed E-state index contributed by atoms with van der Waals surface area (Å²) in [5.41, 5.74) is 0.0964. The Kier molecular flexibility index (Phi) is 5.65. The van der Waals surface area contributed by atoms with E-state index < -0.39 is 9.28 Å². The lowest BCUT2D eigenvalue weighted by molar-refractivity contribution is 0.0613. The molecule has 0 aromatic rings. The number of hydrogen-bond acceptors (Lipinski definition) is 4. The molecule has 1 aliphatic rings. The second kappa shape index (κ2) is 6.52. The van der Waals surface area contributed by atoms with Crippen LogP contribution in [-0.4, -0.2) is 47.5 Å². The molecule has 2 atom stereocenters. The SMILES string of the molecule is CCO[SiH](OCC)C(C)OCC1CO1. The van der Waals surface area contributed by atoms with Crippen LogP contribution in [0, 0.1) is 0 Å². The van der Waals surface area contributed by atoms with Gasteiger partial charge in [-0.25, -0.2) is 0 Å². The van der Waals surface area contributed by atoms with Gasteiger partial charge in [0.15, 0.2) is 0 Å². The Morgan fingerprint density at radius 1 is 1.36 bits per heavy atom. The quantitative estimate of drug-likeness (QED) is 0.444. The Morgan fingerprint density at radius 3 is 2.36 bits per heavy atom. The van der Waals surface area contributed by atoms with Gasteiger partial charge in [0.25, 0.3) is 0 Å². The van der Waals surface area contributed by atoms with Crippen molar-refractivity contribution in [1.29, 1.82) is 0 Å². The maximum absolute atomic E-state index is 5.62. The highest BCUT2D eigenvalue weighted by molar-refractivity contribution is 6.45. The van der Waals surface area contributed by atoms with Crippen LogP contribution in [0.4, 0.5) is 0 Å². The van der Waals surface area contributed by atoms with Crippen molar-refractivity contribution in [2.75, 3.05) is 26.4 Å². The molecule has 1 heterocycles. The van der Waals surface area contributed by atoms with Crippen LogP contribution >= 0.6 is 0 Å². The summed E-state index contributed by atoms with van der Waals surface area (Å²) in [7, 11) is -1.64. The van der Waals surface area contributed by atoms with Gasteiger partial charge in [0.05, 0.1) is 18.9 Å². The highest BCUT2D eigenvalue weighted by Gasteiger charge is 2.27. The fourth-order valence-corrected chi connectivity index (χ4v) is 2.71. The molecule has 0 amide bonds. The van der Waals surface area contributed by atoms with Gasteiger partial charge in [0.2, 0.25) is 0 Å². The third-order valence-corrected chi connectivity index (χ3v) is 4.28. The minimum absolute atomic E-state index is 0.0964. The molecule has 0 aromatic heterocycles. The van der Waals surface area contributed by atoms with E-state index >= 15 is 0 Å². The van der Waals surface area contributed by atoms with Crippen LogP contribution in [-0.2, 0) is 18.3 Å². The standard InChI is InChI=1S/C9H20O4Si/c1-4-12-14(13-5-2)8(3)10-6-9-7-11-9/h8-9,14H,4-7H2,1-3H3. The van der Waals surface area contributed by atoms with E-state index in [4.69, 9.17) is 18.3 Å². The molecule has 1 rings (SSSR count). The Bertz CT molecular complexity index is 146. The summed E-state index contributed by atoms with van der Waals surface area (Å²) in [5, 5.41) is 0. The fourth-order valence-electron chi connectivity index (χ4n) is 1.15. The second-order valence-electron chi connectivity index (χ2n) is 3.27. The van der Waals surface area contributed by atoms with Crippen molar-refractivity contribution in [3.8, 4) is 0 Å². The van der Waals surface area contributed by atoms with E-state index in [0.717, 1.165) is 6.61 Å². The van der Waals surface area contributed by atoms with Gasteiger partial charge in [0, 0.05) is 13.2 Å². The van der Waals surface area contributed by atoms with Gasteiger partial charge in [-0.05, 0) is 20.8 Å². The summed E-state index contributed by atoms with van der Waals surface area (Å²) in [6.45, 7) is 8.89. The third kappa shape index (κ3) is 4.52. The van der Waals surface area contributed by atoms with Gasteiger partial charge in [0.1, 0.15) is 6.10 Å². The fraction of sp³-hybridized carbons (Fsp3) is 1.00. The van der Waals surface area contributed by atoms with Crippen LogP contribution < -0.4 is 0 Å². The summed E-state index contributed by atoms with van der Waals surface area (Å²) >= 11 is 0. The molecule has 0 aliphatic carbocycles. The number of rotatable bonds is 8. The summed E-state index contributed by atoms with van der Waals surface area (Å²) in [4.78, 5) is 0. The molecule has 84 valence electrons. The Morgan fingerprint density at radius 2 is 1.93 bits per heavy atom. The lowest BCUT2D eigenvalue weighted by Crippen LogP contribution is -2.38. The van der Waals surface area contributed by atoms with Crippen molar-refractivity contribution in [3.05, 3.63) is 0 Å². The van der Waals surface area contributed by atoms with Crippen LogP contribution in [0.5, 0.6) is 0 Å². The minimum atomic E-state index is -1.64. The molecule has 4 nitrogen and oxygen atoms in total. The Hall–Kier alpha value is 0.0569. The first-order valence-electron chi connectivity index (χ1n) is 5.24. The van der Waals surface area contributed by atoms with E-state index in [1.807, 2.05) is 20.8 Å². The highest BCUT2D eigenvalue weighted by Crippen LogP contribution is 2.11. The number of ether oxygens (including phenoxy) is 2. The Balaban J connectivity index is 2.16. The van der Waals surface area contributed by atoms with Gasteiger partial charge in [-0.1, -0.05) is 0 Å². The second-order valence-corrected chi connectivity index (χ2v) is 5.62. The van der Waals surface area contributed by atoms with E-state index in [2.05, 4.69) is 0 Å². The highest BCUT2D eigenvalue weighted by atomic mass is 28.3. The van der Waals surface area contributed by atoms with Crippen LogP contribution in [0.2, 0.25) is 0 Å². The molecule has 0 N–H and O–H groups in total. The smallest absolute Gasteiger partial charge is 0.351 e. The molecule has 5 heteroatoms. The predicted molar refractivity (Wildman–Crippen MR) is 55.6 cm³/mol. The van der Waals surface area contributed by atoms with Crippen molar-refractivity contribution >= 4 is 9.28 Å². The molecular weight excluding hydrogens is 200 g/mol. The molecule has 0 spiro atoms. The largest absolute Gasteiger partial charge is 0.395 e. The molecule has 2 unspecified atom stereocenters. The molecule has 0 aromatic carbocycles. The number of hydrogen-bond donors (Lipinski definition) is 0. The first kappa shape index (κ1) is 12.1. The lowest BCUT2D eigenvalue weighted by atomic mass is 10.5. The summed E-state index contributed by atoms with van der Waals surface area (Å²) in [5.74, 6) is 0. The summed E-state index contributed by atoms with van der Waals surface area (Å²) in [6.07, 6.45) is 0.315. The van der Waals surface area contributed by atoms with Crippen LogP contribution in [0.25, 0.3) is 0 Å². The maximum atomic E-state index is 5.62. The van der Waals surface area contributed by atoms with Crippen molar-refractivity contribution in [2.24, 2.45) is 0 Å². The van der Waals surface area contributed by atoms with Crippen molar-refractivity contribution in [1.82, 2.24) is 0 Å². The lowest BCUT2D eigenvalue weighted by Gasteiger charge is -2.21.